The van der Waals surface area contributed by atoms with Gasteiger partial charge >= 0.3 is 0 Å². The summed E-state index contributed by atoms with van der Waals surface area (Å²) < 4.78 is 0. The predicted molar refractivity (Wildman–Crippen MR) is 91.4 cm³/mol. The molecule has 0 saturated carbocycles. The van der Waals surface area contributed by atoms with Crippen LogP contribution in [0.1, 0.15) is 24.2 Å². The van der Waals surface area contributed by atoms with Crippen LogP contribution >= 0.6 is 11.6 Å². The van der Waals surface area contributed by atoms with Crippen molar-refractivity contribution in [1.29, 1.82) is 0 Å². The molecule has 0 bridgehead atoms. The van der Waals surface area contributed by atoms with Crippen LogP contribution in [0, 0.1) is 13.8 Å². The third-order valence-electron chi connectivity index (χ3n) is 4.17. The van der Waals surface area contributed by atoms with Crippen LogP contribution in [0.25, 0.3) is 11.4 Å². The normalized spacial score (nSPS) is 16.1. The smallest absolute Gasteiger partial charge is 0.159 e. The number of anilines is 1. The fourth-order valence-corrected chi connectivity index (χ4v) is 3.24. The van der Waals surface area contributed by atoms with Crippen molar-refractivity contribution in [2.45, 2.75) is 32.7 Å². The number of nitrogens with zero attached hydrogens (tertiary/aromatic N) is 3. The summed E-state index contributed by atoms with van der Waals surface area (Å²) in [6, 6.07) is 7.99. The van der Waals surface area contributed by atoms with E-state index < -0.39 is 0 Å². The number of hydrogen-bond acceptors (Lipinski definition) is 4. The first-order chi connectivity index (χ1) is 10.5. The highest BCUT2D eigenvalue weighted by Gasteiger charge is 2.21. The molecule has 1 aliphatic rings. The standard InChI is InChI=1S/C17H21ClN4/c1-11-16(22-8-6-15(19)7-9-22)12(2)21-17(20-11)13-4-3-5-14(18)10-13/h3-5,10,15H,6-9,19H2,1-2H3. The van der Waals surface area contributed by atoms with Gasteiger partial charge in [-0.15, -0.1) is 0 Å². The highest BCUT2D eigenvalue weighted by atomic mass is 35.5. The first kappa shape index (κ1) is 15.3. The van der Waals surface area contributed by atoms with Gasteiger partial charge in [-0.25, -0.2) is 9.97 Å². The number of hydrogen-bond donors (Lipinski definition) is 1. The summed E-state index contributed by atoms with van der Waals surface area (Å²) >= 11 is 6.07. The van der Waals surface area contributed by atoms with Gasteiger partial charge in [-0.1, -0.05) is 23.7 Å². The molecular formula is C17H21ClN4. The van der Waals surface area contributed by atoms with Crippen LogP contribution in [0.5, 0.6) is 0 Å². The molecule has 1 aliphatic heterocycles. The molecule has 2 aromatic rings. The topological polar surface area (TPSA) is 55.0 Å². The third-order valence-corrected chi connectivity index (χ3v) is 4.41. The van der Waals surface area contributed by atoms with E-state index in [1.54, 1.807) is 0 Å². The molecule has 2 N–H and O–H groups in total. The van der Waals surface area contributed by atoms with Gasteiger partial charge in [0.15, 0.2) is 5.82 Å². The zero-order valence-corrected chi connectivity index (χ0v) is 13.8. The monoisotopic (exact) mass is 316 g/mol. The van der Waals surface area contributed by atoms with Crippen LogP contribution in [-0.4, -0.2) is 29.1 Å². The fraction of sp³-hybridized carbons (Fsp3) is 0.412. The summed E-state index contributed by atoms with van der Waals surface area (Å²) in [5, 5.41) is 0.700. The minimum absolute atomic E-state index is 0.323. The van der Waals surface area contributed by atoms with Crippen molar-refractivity contribution in [1.82, 2.24) is 9.97 Å². The molecule has 0 spiro atoms. The lowest BCUT2D eigenvalue weighted by atomic mass is 10.0. The summed E-state index contributed by atoms with van der Waals surface area (Å²) in [4.78, 5) is 11.8. The maximum Gasteiger partial charge on any atom is 0.159 e. The second kappa shape index (κ2) is 6.23. The van der Waals surface area contributed by atoms with Crippen molar-refractivity contribution >= 4 is 17.3 Å². The van der Waals surface area contributed by atoms with Gasteiger partial charge in [0.05, 0.1) is 17.1 Å². The van der Waals surface area contributed by atoms with Crippen LogP contribution in [0.3, 0.4) is 0 Å². The molecule has 4 nitrogen and oxygen atoms in total. The molecule has 116 valence electrons. The molecule has 1 saturated heterocycles. The molecule has 22 heavy (non-hydrogen) atoms. The molecule has 1 fully saturated rings. The zero-order chi connectivity index (χ0) is 15.7. The fourth-order valence-electron chi connectivity index (χ4n) is 3.05. The summed E-state index contributed by atoms with van der Waals surface area (Å²) in [6.07, 6.45) is 2.05. The average Bonchev–Trinajstić information content (AvgIpc) is 2.48. The Morgan fingerprint density at radius 1 is 1.14 bits per heavy atom. The molecule has 5 heteroatoms. The van der Waals surface area contributed by atoms with Gasteiger partial charge in [0, 0.05) is 29.7 Å². The van der Waals surface area contributed by atoms with Gasteiger partial charge in [0.1, 0.15) is 0 Å². The third kappa shape index (κ3) is 3.08. The minimum atomic E-state index is 0.323. The molecule has 0 radical (unpaired) electrons. The van der Waals surface area contributed by atoms with Crippen LogP contribution < -0.4 is 10.6 Å². The quantitative estimate of drug-likeness (QED) is 0.923. The van der Waals surface area contributed by atoms with Gasteiger partial charge < -0.3 is 10.6 Å². The number of rotatable bonds is 2. The van der Waals surface area contributed by atoms with Crippen molar-refractivity contribution in [2.24, 2.45) is 5.73 Å². The Hall–Kier alpha value is -1.65. The van der Waals surface area contributed by atoms with E-state index in [9.17, 15) is 0 Å². The Morgan fingerprint density at radius 3 is 2.36 bits per heavy atom. The number of aromatic nitrogens is 2. The van der Waals surface area contributed by atoms with E-state index >= 15 is 0 Å². The van der Waals surface area contributed by atoms with Crippen molar-refractivity contribution in [3.8, 4) is 11.4 Å². The zero-order valence-electron chi connectivity index (χ0n) is 13.0. The molecule has 3 rings (SSSR count). The number of benzene rings is 1. The van der Waals surface area contributed by atoms with Gasteiger partial charge in [-0.05, 0) is 38.8 Å². The van der Waals surface area contributed by atoms with Crippen molar-refractivity contribution in [3.05, 3.63) is 40.7 Å². The molecule has 1 aromatic heterocycles. The maximum atomic E-state index is 6.07. The first-order valence-electron chi connectivity index (χ1n) is 7.66. The lowest BCUT2D eigenvalue weighted by Gasteiger charge is -2.33. The molecule has 0 amide bonds. The Bertz CT molecular complexity index is 655. The number of piperidine rings is 1. The van der Waals surface area contributed by atoms with Crippen molar-refractivity contribution in [3.63, 3.8) is 0 Å². The lowest BCUT2D eigenvalue weighted by molar-refractivity contribution is 0.499. The number of aryl methyl sites for hydroxylation is 2. The van der Waals surface area contributed by atoms with Crippen molar-refractivity contribution < 1.29 is 0 Å². The summed E-state index contributed by atoms with van der Waals surface area (Å²) in [5.41, 5.74) is 10.1. The molecule has 0 atom stereocenters. The first-order valence-corrected chi connectivity index (χ1v) is 8.04. The van der Waals surface area contributed by atoms with Gasteiger partial charge in [0.2, 0.25) is 0 Å². The number of halogens is 1. The van der Waals surface area contributed by atoms with Crippen molar-refractivity contribution in [2.75, 3.05) is 18.0 Å². The van der Waals surface area contributed by atoms with Gasteiger partial charge in [-0.3, -0.25) is 0 Å². The maximum absolute atomic E-state index is 6.07. The van der Waals surface area contributed by atoms with Gasteiger partial charge in [0.25, 0.3) is 0 Å². The van der Waals surface area contributed by atoms with Crippen LogP contribution in [0.15, 0.2) is 24.3 Å². The van der Waals surface area contributed by atoms with E-state index in [0.29, 0.717) is 11.1 Å². The Morgan fingerprint density at radius 2 is 1.77 bits per heavy atom. The molecular weight excluding hydrogens is 296 g/mol. The van der Waals surface area contributed by atoms with E-state index in [1.807, 2.05) is 38.1 Å². The Kier molecular flexibility index (Phi) is 4.32. The second-order valence-electron chi connectivity index (χ2n) is 5.90. The summed E-state index contributed by atoms with van der Waals surface area (Å²) in [7, 11) is 0. The summed E-state index contributed by atoms with van der Waals surface area (Å²) in [6.45, 7) is 6.05. The predicted octanol–water partition coefficient (Wildman–Crippen LogP) is 3.34. The molecule has 0 unspecified atom stereocenters. The van der Waals surface area contributed by atoms with E-state index in [1.165, 1.54) is 0 Å². The molecule has 2 heterocycles. The van der Waals surface area contributed by atoms with E-state index in [0.717, 1.165) is 54.4 Å². The highest BCUT2D eigenvalue weighted by Crippen LogP contribution is 2.28. The minimum Gasteiger partial charge on any atom is -0.368 e. The Balaban J connectivity index is 1.95. The van der Waals surface area contributed by atoms with E-state index in [2.05, 4.69) is 4.90 Å². The van der Waals surface area contributed by atoms with E-state index in [4.69, 9.17) is 27.3 Å². The average molecular weight is 317 g/mol. The SMILES string of the molecule is Cc1nc(-c2cccc(Cl)c2)nc(C)c1N1CCC(N)CC1. The van der Waals surface area contributed by atoms with Gasteiger partial charge in [-0.2, -0.15) is 0 Å². The largest absolute Gasteiger partial charge is 0.368 e. The summed E-state index contributed by atoms with van der Waals surface area (Å²) in [5.74, 6) is 0.731. The van der Waals surface area contributed by atoms with Crippen LogP contribution in [0.2, 0.25) is 5.02 Å². The number of nitrogens with two attached hydrogens (primary N) is 1. The lowest BCUT2D eigenvalue weighted by Crippen LogP contribution is -2.40. The van der Waals surface area contributed by atoms with E-state index in [-0.39, 0.29) is 0 Å². The van der Waals surface area contributed by atoms with Crippen LogP contribution in [0.4, 0.5) is 5.69 Å². The molecule has 0 aliphatic carbocycles. The second-order valence-corrected chi connectivity index (χ2v) is 6.34. The van der Waals surface area contributed by atoms with Crippen LogP contribution in [-0.2, 0) is 0 Å². The highest BCUT2D eigenvalue weighted by molar-refractivity contribution is 6.30. The molecule has 1 aromatic carbocycles. The Labute approximate surface area is 136 Å².